The molecule has 1 aromatic rings. The van der Waals surface area contributed by atoms with Crippen LogP contribution in [0.1, 0.15) is 22.3 Å². The van der Waals surface area contributed by atoms with Gasteiger partial charge in [-0.2, -0.15) is 8.78 Å². The predicted molar refractivity (Wildman–Crippen MR) is 66.5 cm³/mol. The molecule has 0 unspecified atom stereocenters. The van der Waals surface area contributed by atoms with Gasteiger partial charge in [-0.3, -0.25) is 4.79 Å². The third-order valence-corrected chi connectivity index (χ3v) is 3.12. The monoisotopic (exact) mass is 290 g/mol. The Hall–Kier alpha value is -1.79. The van der Waals surface area contributed by atoms with Crippen molar-refractivity contribution in [3.63, 3.8) is 0 Å². The number of hydrogen-bond donors (Lipinski definition) is 2. The van der Waals surface area contributed by atoms with Crippen molar-refractivity contribution in [3.05, 3.63) is 29.3 Å². The molecule has 2 rings (SSSR count). The number of anilines is 1. The van der Waals surface area contributed by atoms with E-state index in [1.807, 2.05) is 11.4 Å². The lowest BCUT2D eigenvalue weighted by Gasteiger charge is -2.21. The van der Waals surface area contributed by atoms with E-state index in [1.54, 1.807) is 6.07 Å². The van der Waals surface area contributed by atoms with Crippen LogP contribution in [0, 0.1) is 0 Å². The smallest absolute Gasteiger partial charge is 0.324 e. The summed E-state index contributed by atoms with van der Waals surface area (Å²) in [6, 6.07) is 4.96. The number of rotatable bonds is 4. The fourth-order valence-electron chi connectivity index (χ4n) is 2.07. The first-order chi connectivity index (χ1) is 9.42. The number of para-hydroxylation sites is 1. The zero-order valence-electron chi connectivity index (χ0n) is 10.6. The van der Waals surface area contributed by atoms with Gasteiger partial charge >= 0.3 is 12.3 Å². The molecule has 20 heavy (non-hydrogen) atoms. The molecule has 1 amide bonds. The van der Waals surface area contributed by atoms with Crippen LogP contribution < -0.4 is 10.6 Å². The number of hydrogen-bond acceptors (Lipinski definition) is 2. The van der Waals surface area contributed by atoms with Crippen LogP contribution in [-0.4, -0.2) is 31.3 Å². The molecule has 1 aliphatic rings. The van der Waals surface area contributed by atoms with Gasteiger partial charge in [-0.15, -0.1) is 0 Å². The van der Waals surface area contributed by atoms with E-state index in [2.05, 4.69) is 5.32 Å². The number of carbonyl (C=O) groups is 1. The lowest BCUT2D eigenvalue weighted by Crippen LogP contribution is -2.41. The molecule has 0 saturated carbocycles. The summed E-state index contributed by atoms with van der Waals surface area (Å²) in [7, 11) is 0. The number of aryl methyl sites for hydroxylation is 1. The van der Waals surface area contributed by atoms with Gasteiger partial charge in [0.25, 0.3) is 5.91 Å². The Bertz CT molecular complexity index is 505. The minimum Gasteiger partial charge on any atom is -0.384 e. The Morgan fingerprint density at radius 3 is 2.85 bits per heavy atom. The van der Waals surface area contributed by atoms with Gasteiger partial charge < -0.3 is 10.6 Å². The van der Waals surface area contributed by atoms with E-state index in [4.69, 9.17) is 0 Å². The number of benzene rings is 1. The number of amides is 1. The largest absolute Gasteiger partial charge is 0.384 e. The molecule has 0 radical (unpaired) electrons. The molecule has 0 spiro atoms. The van der Waals surface area contributed by atoms with Crippen LogP contribution in [0.5, 0.6) is 0 Å². The van der Waals surface area contributed by atoms with Crippen molar-refractivity contribution in [2.24, 2.45) is 0 Å². The molecule has 0 atom stereocenters. The van der Waals surface area contributed by atoms with E-state index in [9.17, 15) is 22.4 Å². The highest BCUT2D eigenvalue weighted by molar-refractivity contribution is 6.00. The number of carbonyl (C=O) groups excluding carboxylic acids is 1. The van der Waals surface area contributed by atoms with Crippen molar-refractivity contribution in [2.45, 2.75) is 25.2 Å². The van der Waals surface area contributed by atoms with Crippen molar-refractivity contribution < 1.29 is 22.4 Å². The highest BCUT2D eigenvalue weighted by Crippen LogP contribution is 2.26. The second-order valence-electron chi connectivity index (χ2n) is 4.61. The van der Waals surface area contributed by atoms with Gasteiger partial charge in [0.1, 0.15) is 0 Å². The van der Waals surface area contributed by atoms with Gasteiger partial charge in [-0.05, 0) is 24.5 Å². The molecule has 0 bridgehead atoms. The summed E-state index contributed by atoms with van der Waals surface area (Å²) in [6.45, 7) is -0.697. The van der Waals surface area contributed by atoms with Gasteiger partial charge in [0.2, 0.25) is 0 Å². The first-order valence-electron chi connectivity index (χ1n) is 6.22. The number of fused-ring (bicyclic) bond motifs is 1. The van der Waals surface area contributed by atoms with E-state index < -0.39 is 24.8 Å². The Balaban J connectivity index is 2.10. The van der Waals surface area contributed by atoms with E-state index >= 15 is 0 Å². The average molecular weight is 290 g/mol. The van der Waals surface area contributed by atoms with E-state index in [0.717, 1.165) is 18.4 Å². The minimum absolute atomic E-state index is 0.201. The topological polar surface area (TPSA) is 41.1 Å². The first kappa shape index (κ1) is 14.6. The molecule has 1 aliphatic heterocycles. The summed E-state index contributed by atoms with van der Waals surface area (Å²) in [4.78, 5) is 11.9. The number of nitrogens with one attached hydrogen (secondary N) is 2. The van der Waals surface area contributed by atoms with Crippen LogP contribution in [0.3, 0.4) is 0 Å². The maximum atomic E-state index is 12.8. The summed E-state index contributed by atoms with van der Waals surface area (Å²) < 4.78 is 49.6. The predicted octanol–water partition coefficient (Wildman–Crippen LogP) is 2.67. The Labute approximate surface area is 113 Å². The molecule has 0 fully saturated rings. The molecule has 1 heterocycles. The van der Waals surface area contributed by atoms with Gasteiger partial charge in [-0.1, -0.05) is 12.1 Å². The van der Waals surface area contributed by atoms with Gasteiger partial charge in [0.05, 0.1) is 17.8 Å². The summed E-state index contributed by atoms with van der Waals surface area (Å²) >= 11 is 0. The Morgan fingerprint density at radius 1 is 1.40 bits per heavy atom. The van der Waals surface area contributed by atoms with Crippen LogP contribution in [-0.2, 0) is 6.42 Å². The van der Waals surface area contributed by atoms with Crippen molar-refractivity contribution in [3.8, 4) is 0 Å². The van der Waals surface area contributed by atoms with Gasteiger partial charge in [0, 0.05) is 6.54 Å². The van der Waals surface area contributed by atoms with E-state index in [-0.39, 0.29) is 5.56 Å². The molecule has 1 aromatic carbocycles. The second kappa shape index (κ2) is 5.68. The summed E-state index contributed by atoms with van der Waals surface area (Å²) in [5.41, 5.74) is 1.72. The quantitative estimate of drug-likeness (QED) is 0.837. The van der Waals surface area contributed by atoms with Crippen molar-refractivity contribution >= 4 is 11.6 Å². The summed E-state index contributed by atoms with van der Waals surface area (Å²) in [5, 5.41) is 4.90. The molecular formula is C13H14F4N2O. The molecule has 0 aliphatic carbocycles. The van der Waals surface area contributed by atoms with Crippen LogP contribution in [0.2, 0.25) is 0 Å². The van der Waals surface area contributed by atoms with E-state index in [1.165, 1.54) is 6.07 Å². The lowest BCUT2D eigenvalue weighted by atomic mass is 9.99. The van der Waals surface area contributed by atoms with Gasteiger partial charge in [0.15, 0.2) is 0 Å². The highest BCUT2D eigenvalue weighted by atomic mass is 19.3. The molecule has 2 N–H and O–H groups in total. The summed E-state index contributed by atoms with van der Waals surface area (Å²) in [5.74, 6) is -5.01. The maximum absolute atomic E-state index is 12.8. The molecule has 110 valence electrons. The standard InChI is InChI=1S/C13H14F4N2O/c14-12(15)13(16,17)7-19-11(20)9-5-1-3-8-4-2-6-18-10(8)9/h1,3,5,12,18H,2,4,6-7H2,(H,19,20). The number of halogens is 4. The normalized spacial score (nSPS) is 14.7. The molecular weight excluding hydrogens is 276 g/mol. The molecule has 3 nitrogen and oxygen atoms in total. The van der Waals surface area contributed by atoms with Crippen molar-refractivity contribution in [2.75, 3.05) is 18.4 Å². The van der Waals surface area contributed by atoms with Crippen molar-refractivity contribution in [1.29, 1.82) is 0 Å². The minimum atomic E-state index is -4.22. The molecule has 0 saturated heterocycles. The summed E-state index contributed by atoms with van der Waals surface area (Å²) in [6.07, 6.45) is -2.09. The average Bonchev–Trinajstić information content (AvgIpc) is 2.44. The zero-order chi connectivity index (χ0) is 14.8. The Morgan fingerprint density at radius 2 is 2.15 bits per heavy atom. The number of alkyl halides is 4. The Kier molecular flexibility index (Phi) is 4.15. The van der Waals surface area contributed by atoms with Gasteiger partial charge in [-0.25, -0.2) is 8.78 Å². The second-order valence-corrected chi connectivity index (χ2v) is 4.61. The fourth-order valence-corrected chi connectivity index (χ4v) is 2.07. The van der Waals surface area contributed by atoms with Crippen LogP contribution >= 0.6 is 0 Å². The van der Waals surface area contributed by atoms with Crippen LogP contribution in [0.4, 0.5) is 23.2 Å². The zero-order valence-corrected chi connectivity index (χ0v) is 10.6. The van der Waals surface area contributed by atoms with E-state index in [0.29, 0.717) is 12.2 Å². The lowest BCUT2D eigenvalue weighted by molar-refractivity contribution is -0.123. The molecule has 0 aromatic heterocycles. The van der Waals surface area contributed by atoms with Crippen LogP contribution in [0.15, 0.2) is 18.2 Å². The maximum Gasteiger partial charge on any atom is 0.324 e. The highest BCUT2D eigenvalue weighted by Gasteiger charge is 2.41. The first-order valence-corrected chi connectivity index (χ1v) is 6.22. The fraction of sp³-hybridized carbons (Fsp3) is 0.462. The molecule has 7 heteroatoms. The third-order valence-electron chi connectivity index (χ3n) is 3.12. The SMILES string of the molecule is O=C(NCC(F)(F)C(F)F)c1cccc2c1NCCC2. The van der Waals surface area contributed by atoms with Crippen LogP contribution in [0.25, 0.3) is 0 Å². The third kappa shape index (κ3) is 3.02. The van der Waals surface area contributed by atoms with Crippen molar-refractivity contribution in [1.82, 2.24) is 5.32 Å².